The minimum atomic E-state index is -0.224. The van der Waals surface area contributed by atoms with Crippen molar-refractivity contribution in [2.24, 2.45) is 17.8 Å². The third-order valence-electron chi connectivity index (χ3n) is 7.40. The van der Waals surface area contributed by atoms with Crippen molar-refractivity contribution in [2.45, 2.75) is 84.2 Å². The van der Waals surface area contributed by atoms with Crippen LogP contribution in [0.1, 0.15) is 78.6 Å². The zero-order valence-electron chi connectivity index (χ0n) is 20.8. The Kier molecular flexibility index (Phi) is 11.3. The van der Waals surface area contributed by atoms with Crippen LogP contribution in [0.3, 0.4) is 0 Å². The highest BCUT2D eigenvalue weighted by Gasteiger charge is 2.36. The van der Waals surface area contributed by atoms with E-state index in [1.165, 1.54) is 70.9 Å². The molecule has 1 N–H and O–H groups in total. The molecule has 32 heavy (non-hydrogen) atoms. The number of rotatable bonds is 9. The van der Waals surface area contributed by atoms with E-state index in [2.05, 4.69) is 86.8 Å². The Labute approximate surface area is 199 Å². The van der Waals surface area contributed by atoms with Gasteiger partial charge in [0.15, 0.2) is 0 Å². The Balaban J connectivity index is 0.000000222. The lowest BCUT2D eigenvalue weighted by atomic mass is 9.94. The number of nitrogens with one attached hydrogen (secondary N) is 1. The van der Waals surface area contributed by atoms with Crippen LogP contribution in [0.25, 0.3) is 0 Å². The van der Waals surface area contributed by atoms with Gasteiger partial charge in [0.25, 0.3) is 0 Å². The number of unbranched alkanes of at least 4 members (excludes halogenated alkanes) is 1. The minimum absolute atomic E-state index is 0.224. The van der Waals surface area contributed by atoms with Gasteiger partial charge in [-0.1, -0.05) is 107 Å². The maximum absolute atomic E-state index is 3.53. The van der Waals surface area contributed by atoms with E-state index in [9.17, 15) is 0 Å². The van der Waals surface area contributed by atoms with Gasteiger partial charge in [-0.2, -0.15) is 0 Å². The van der Waals surface area contributed by atoms with Crippen LogP contribution in [0.5, 0.6) is 0 Å². The summed E-state index contributed by atoms with van der Waals surface area (Å²) in [6.07, 6.45) is 12.8. The quantitative estimate of drug-likeness (QED) is 0.307. The van der Waals surface area contributed by atoms with Gasteiger partial charge in [-0.3, -0.25) is 0 Å². The van der Waals surface area contributed by atoms with Crippen molar-refractivity contribution in [3.05, 3.63) is 60.7 Å². The standard InChI is InChI=1S/C20H25P.C10H21N/c1-16(2)19-14-9-15-20(19)21(17-10-5-3-6-11-17)18-12-7-4-8-13-18;1-2-3-8-11-9-10-6-4-5-7-10/h3-8,10-13,16,19-20H,9,14-15H2,1-2H3;10-11H,2-9H2,1H3. The minimum Gasteiger partial charge on any atom is -0.316 e. The Morgan fingerprint density at radius 1 is 0.812 bits per heavy atom. The fraction of sp³-hybridized carbons (Fsp3) is 0.600. The molecule has 2 fully saturated rings. The molecule has 2 aliphatic carbocycles. The van der Waals surface area contributed by atoms with Crippen molar-refractivity contribution in [1.29, 1.82) is 0 Å². The molecule has 0 saturated heterocycles. The molecule has 0 aliphatic heterocycles. The van der Waals surface area contributed by atoms with E-state index in [4.69, 9.17) is 0 Å². The molecule has 176 valence electrons. The van der Waals surface area contributed by atoms with Gasteiger partial charge in [0.2, 0.25) is 0 Å². The predicted molar refractivity (Wildman–Crippen MR) is 145 cm³/mol. The lowest BCUT2D eigenvalue weighted by Gasteiger charge is -2.32. The molecule has 2 heteroatoms. The van der Waals surface area contributed by atoms with Crippen LogP contribution < -0.4 is 15.9 Å². The Morgan fingerprint density at radius 3 is 1.94 bits per heavy atom. The lowest BCUT2D eigenvalue weighted by Crippen LogP contribution is -2.27. The lowest BCUT2D eigenvalue weighted by molar-refractivity contribution is 0.402. The molecular formula is C30H46NP. The van der Waals surface area contributed by atoms with Crippen LogP contribution in [0.15, 0.2) is 60.7 Å². The van der Waals surface area contributed by atoms with Gasteiger partial charge in [0, 0.05) is 0 Å². The average molecular weight is 452 g/mol. The third-order valence-corrected chi connectivity index (χ3v) is 10.4. The molecule has 0 radical (unpaired) electrons. The molecule has 4 rings (SSSR count). The number of benzene rings is 2. The van der Waals surface area contributed by atoms with Crippen molar-refractivity contribution >= 4 is 18.5 Å². The first-order valence-corrected chi connectivity index (χ1v) is 14.7. The maximum Gasteiger partial charge on any atom is -0.00205 e. The first-order chi connectivity index (χ1) is 15.7. The van der Waals surface area contributed by atoms with Crippen LogP contribution >= 0.6 is 7.92 Å². The van der Waals surface area contributed by atoms with E-state index < -0.39 is 0 Å². The van der Waals surface area contributed by atoms with Gasteiger partial charge in [-0.05, 0) is 87.1 Å². The number of hydrogen-bond donors (Lipinski definition) is 1. The summed E-state index contributed by atoms with van der Waals surface area (Å²) in [4.78, 5) is 0. The Hall–Kier alpha value is -1.17. The monoisotopic (exact) mass is 451 g/mol. The van der Waals surface area contributed by atoms with Crippen LogP contribution in [0.2, 0.25) is 0 Å². The summed E-state index contributed by atoms with van der Waals surface area (Å²) < 4.78 is 0. The van der Waals surface area contributed by atoms with E-state index in [1.54, 1.807) is 10.6 Å². The fourth-order valence-electron chi connectivity index (χ4n) is 5.60. The summed E-state index contributed by atoms with van der Waals surface area (Å²) >= 11 is 0. The molecule has 0 spiro atoms. The maximum atomic E-state index is 3.53. The molecule has 0 aromatic heterocycles. The molecule has 2 aliphatic rings. The second-order valence-electron chi connectivity index (χ2n) is 10.2. The van der Waals surface area contributed by atoms with Crippen LogP contribution in [-0.2, 0) is 0 Å². The van der Waals surface area contributed by atoms with E-state index in [-0.39, 0.29) is 7.92 Å². The smallest absolute Gasteiger partial charge is 0.00205 e. The highest BCUT2D eigenvalue weighted by atomic mass is 31.1. The summed E-state index contributed by atoms with van der Waals surface area (Å²) in [5, 5.41) is 6.63. The largest absolute Gasteiger partial charge is 0.316 e. The molecule has 1 nitrogen and oxygen atoms in total. The summed E-state index contributed by atoms with van der Waals surface area (Å²) in [5.41, 5.74) is 0.852. The summed E-state index contributed by atoms with van der Waals surface area (Å²) in [6.45, 7) is 9.57. The van der Waals surface area contributed by atoms with E-state index in [1.807, 2.05) is 0 Å². The summed E-state index contributed by atoms with van der Waals surface area (Å²) in [5.74, 6) is 2.69. The molecule has 2 aromatic carbocycles. The molecule has 2 unspecified atom stereocenters. The second-order valence-corrected chi connectivity index (χ2v) is 12.6. The first kappa shape index (κ1) is 25.5. The first-order valence-electron chi connectivity index (χ1n) is 13.3. The summed E-state index contributed by atoms with van der Waals surface area (Å²) in [6, 6.07) is 22.4. The van der Waals surface area contributed by atoms with Crippen molar-refractivity contribution in [2.75, 3.05) is 13.1 Å². The number of hydrogen-bond acceptors (Lipinski definition) is 1. The molecule has 2 atom stereocenters. The average Bonchev–Trinajstić information content (AvgIpc) is 3.52. The second kappa shape index (κ2) is 14.2. The van der Waals surface area contributed by atoms with Gasteiger partial charge in [0.05, 0.1) is 0 Å². The van der Waals surface area contributed by atoms with Crippen LogP contribution in [0.4, 0.5) is 0 Å². The highest BCUT2D eigenvalue weighted by molar-refractivity contribution is 7.73. The van der Waals surface area contributed by atoms with E-state index >= 15 is 0 Å². The van der Waals surface area contributed by atoms with Crippen molar-refractivity contribution in [3.63, 3.8) is 0 Å². The third kappa shape index (κ3) is 7.71. The highest BCUT2D eigenvalue weighted by Crippen LogP contribution is 2.51. The topological polar surface area (TPSA) is 12.0 Å². The molecule has 0 amide bonds. The van der Waals surface area contributed by atoms with Crippen LogP contribution in [-0.4, -0.2) is 18.7 Å². The normalized spacial score (nSPS) is 21.2. The fourth-order valence-corrected chi connectivity index (χ4v) is 8.97. The molecular weight excluding hydrogens is 405 g/mol. The zero-order chi connectivity index (χ0) is 22.6. The van der Waals surface area contributed by atoms with Gasteiger partial charge in [-0.15, -0.1) is 0 Å². The SMILES string of the molecule is CC(C)C1CCCC1P(c1ccccc1)c1ccccc1.CCCCNCC1CCCC1. The molecule has 0 heterocycles. The van der Waals surface area contributed by atoms with E-state index in [0.717, 1.165) is 23.4 Å². The van der Waals surface area contributed by atoms with Crippen molar-refractivity contribution in [3.8, 4) is 0 Å². The summed E-state index contributed by atoms with van der Waals surface area (Å²) in [7, 11) is -0.224. The van der Waals surface area contributed by atoms with Gasteiger partial charge >= 0.3 is 0 Å². The van der Waals surface area contributed by atoms with Gasteiger partial charge < -0.3 is 5.32 Å². The van der Waals surface area contributed by atoms with Gasteiger partial charge in [0.1, 0.15) is 0 Å². The molecule has 2 aromatic rings. The molecule has 0 bridgehead atoms. The van der Waals surface area contributed by atoms with E-state index in [0.29, 0.717) is 0 Å². The van der Waals surface area contributed by atoms with Crippen LogP contribution in [0, 0.1) is 17.8 Å². The van der Waals surface area contributed by atoms with Crippen molar-refractivity contribution < 1.29 is 0 Å². The predicted octanol–water partition coefficient (Wildman–Crippen LogP) is 7.51. The Morgan fingerprint density at radius 2 is 1.41 bits per heavy atom. The zero-order valence-corrected chi connectivity index (χ0v) is 21.7. The van der Waals surface area contributed by atoms with Gasteiger partial charge in [-0.25, -0.2) is 0 Å². The van der Waals surface area contributed by atoms with Crippen molar-refractivity contribution in [1.82, 2.24) is 5.32 Å². The molecule has 2 saturated carbocycles. The Bertz CT molecular complexity index is 684.